The number of piperidine rings is 1. The summed E-state index contributed by atoms with van der Waals surface area (Å²) in [5, 5.41) is 2.76. The molecule has 1 unspecified atom stereocenters. The third kappa shape index (κ3) is 7.82. The Labute approximate surface area is 242 Å². The summed E-state index contributed by atoms with van der Waals surface area (Å²) in [6.45, 7) is 1.70. The van der Waals surface area contributed by atoms with Gasteiger partial charge in [0.1, 0.15) is 6.67 Å². The van der Waals surface area contributed by atoms with Gasteiger partial charge in [-0.3, -0.25) is 4.79 Å². The van der Waals surface area contributed by atoms with E-state index in [0.717, 1.165) is 23.3 Å². The standard InChI is InChI=1S/C29H32F4N4O4S/c1-2-42(39,40)26-11-3-20(4-12-26)15-34-27(38)23-16-35-28(36-17-23)37-18-22(7-10-25(37)19-41-14-13-30)21-5-8-24(9-6-21)29(31,32)33/h3-6,8-9,11-12,16-17,22,25H,2,7,10,13-15,18-19H2,1H3,(H,34,38)/t22?,25-/m0/s1. The Hall–Kier alpha value is -3.58. The van der Waals surface area contributed by atoms with E-state index in [2.05, 4.69) is 15.3 Å². The fraction of sp³-hybridized carbons (Fsp3) is 0.414. The fourth-order valence-corrected chi connectivity index (χ4v) is 5.67. The second-order valence-electron chi connectivity index (χ2n) is 9.97. The van der Waals surface area contributed by atoms with Crippen molar-refractivity contribution in [2.24, 2.45) is 0 Å². The number of hydrogen-bond donors (Lipinski definition) is 1. The highest BCUT2D eigenvalue weighted by Gasteiger charge is 2.33. The molecule has 0 aliphatic carbocycles. The minimum Gasteiger partial charge on any atom is -0.377 e. The molecule has 0 bridgehead atoms. The van der Waals surface area contributed by atoms with Crippen LogP contribution >= 0.6 is 0 Å². The second kappa shape index (κ2) is 13.6. The summed E-state index contributed by atoms with van der Waals surface area (Å²) >= 11 is 0. The van der Waals surface area contributed by atoms with E-state index >= 15 is 0 Å². The third-order valence-corrected chi connectivity index (χ3v) is 8.97. The molecule has 1 aromatic heterocycles. The van der Waals surface area contributed by atoms with Crippen LogP contribution in [0, 0.1) is 0 Å². The van der Waals surface area contributed by atoms with Gasteiger partial charge in [0, 0.05) is 31.4 Å². The number of sulfone groups is 1. The molecule has 4 rings (SSSR count). The molecule has 2 heterocycles. The lowest BCUT2D eigenvalue weighted by atomic mass is 9.87. The molecule has 1 N–H and O–H groups in total. The van der Waals surface area contributed by atoms with Crippen LogP contribution in [0.15, 0.2) is 65.8 Å². The van der Waals surface area contributed by atoms with Crippen LogP contribution in [0.3, 0.4) is 0 Å². The summed E-state index contributed by atoms with van der Waals surface area (Å²) in [5.41, 5.74) is 0.975. The molecule has 3 aromatic rings. The van der Waals surface area contributed by atoms with Crippen molar-refractivity contribution in [3.63, 3.8) is 0 Å². The highest BCUT2D eigenvalue weighted by atomic mass is 32.2. The van der Waals surface area contributed by atoms with Gasteiger partial charge in [-0.25, -0.2) is 22.8 Å². The van der Waals surface area contributed by atoms with Gasteiger partial charge < -0.3 is 15.0 Å². The maximum absolute atomic E-state index is 13.0. The number of amides is 1. The minimum atomic E-state index is -4.42. The van der Waals surface area contributed by atoms with Crippen molar-refractivity contribution in [3.8, 4) is 0 Å². The van der Waals surface area contributed by atoms with Crippen molar-refractivity contribution in [3.05, 3.63) is 83.2 Å². The van der Waals surface area contributed by atoms with Gasteiger partial charge in [0.2, 0.25) is 5.95 Å². The SMILES string of the molecule is CCS(=O)(=O)c1ccc(CNC(=O)c2cnc(N3CC(c4ccc(C(F)(F)F)cc4)CC[C@H]3COCCF)nc2)cc1. The summed E-state index contributed by atoms with van der Waals surface area (Å²) < 4.78 is 81.1. The minimum absolute atomic E-state index is 0.00237. The highest BCUT2D eigenvalue weighted by molar-refractivity contribution is 7.91. The molecule has 0 radical (unpaired) electrons. The number of benzene rings is 2. The Morgan fingerprint density at radius 2 is 1.71 bits per heavy atom. The Morgan fingerprint density at radius 1 is 1.05 bits per heavy atom. The number of halogens is 4. The first-order chi connectivity index (χ1) is 20.0. The Balaban J connectivity index is 1.43. The number of rotatable bonds is 11. The highest BCUT2D eigenvalue weighted by Crippen LogP contribution is 2.35. The van der Waals surface area contributed by atoms with Crippen LogP contribution in [0.1, 0.15) is 52.7 Å². The molecule has 1 saturated heterocycles. The average molecular weight is 609 g/mol. The molecule has 2 atom stereocenters. The topological polar surface area (TPSA) is 101 Å². The zero-order chi connectivity index (χ0) is 30.3. The van der Waals surface area contributed by atoms with Crippen LogP contribution in [0.4, 0.5) is 23.5 Å². The number of nitrogens with one attached hydrogen (secondary N) is 1. The number of hydrogen-bond acceptors (Lipinski definition) is 7. The van der Waals surface area contributed by atoms with Gasteiger partial charge >= 0.3 is 6.18 Å². The number of carbonyl (C=O) groups is 1. The summed E-state index contributed by atoms with van der Waals surface area (Å²) in [6, 6.07) is 11.2. The second-order valence-corrected chi connectivity index (χ2v) is 12.2. The number of ether oxygens (including phenoxy) is 1. The van der Waals surface area contributed by atoms with Crippen LogP contribution in [-0.4, -0.2) is 62.5 Å². The Kier molecular flexibility index (Phi) is 10.2. The first kappa shape index (κ1) is 31.4. The Morgan fingerprint density at radius 3 is 2.31 bits per heavy atom. The average Bonchev–Trinajstić information content (AvgIpc) is 3.00. The number of alkyl halides is 4. The van der Waals surface area contributed by atoms with Crippen LogP contribution in [0.25, 0.3) is 0 Å². The van der Waals surface area contributed by atoms with Crippen LogP contribution < -0.4 is 10.2 Å². The molecular formula is C29H32F4N4O4S. The smallest absolute Gasteiger partial charge is 0.377 e. The molecule has 2 aromatic carbocycles. The number of aromatic nitrogens is 2. The van der Waals surface area contributed by atoms with Crippen LogP contribution in [0.5, 0.6) is 0 Å². The number of anilines is 1. The van der Waals surface area contributed by atoms with Crippen molar-refractivity contribution in [2.75, 3.05) is 37.1 Å². The monoisotopic (exact) mass is 608 g/mol. The molecule has 0 spiro atoms. The Bertz CT molecular complexity index is 1430. The van der Waals surface area contributed by atoms with E-state index in [1.54, 1.807) is 19.1 Å². The van der Waals surface area contributed by atoms with Crippen molar-refractivity contribution in [1.29, 1.82) is 0 Å². The zero-order valence-electron chi connectivity index (χ0n) is 23.0. The van der Waals surface area contributed by atoms with E-state index in [1.807, 2.05) is 4.90 Å². The third-order valence-electron chi connectivity index (χ3n) is 7.22. The van der Waals surface area contributed by atoms with Crippen LogP contribution in [-0.2, 0) is 27.3 Å². The lowest BCUT2D eigenvalue weighted by Crippen LogP contribution is -2.46. The quantitative estimate of drug-likeness (QED) is 0.243. The van der Waals surface area contributed by atoms with Crippen molar-refractivity contribution in [2.45, 2.75) is 49.3 Å². The number of nitrogens with zero attached hydrogens (tertiary/aromatic N) is 3. The molecule has 0 saturated carbocycles. The molecule has 1 fully saturated rings. The van der Waals surface area contributed by atoms with E-state index in [9.17, 15) is 30.8 Å². The molecule has 1 aliphatic rings. The summed E-state index contributed by atoms with van der Waals surface area (Å²) in [7, 11) is -3.31. The first-order valence-corrected chi connectivity index (χ1v) is 15.2. The fourth-order valence-electron chi connectivity index (χ4n) is 4.79. The van der Waals surface area contributed by atoms with Gasteiger partial charge in [0.05, 0.1) is 41.0 Å². The van der Waals surface area contributed by atoms with Gasteiger partial charge in [-0.1, -0.05) is 31.2 Å². The first-order valence-electron chi connectivity index (χ1n) is 13.5. The maximum Gasteiger partial charge on any atom is 0.416 e. The lowest BCUT2D eigenvalue weighted by molar-refractivity contribution is -0.137. The number of carbonyl (C=O) groups excluding carboxylic acids is 1. The molecule has 13 heteroatoms. The van der Waals surface area contributed by atoms with Crippen molar-refractivity contribution >= 4 is 21.7 Å². The molecule has 1 aliphatic heterocycles. The summed E-state index contributed by atoms with van der Waals surface area (Å²) in [6.07, 6.45) is -0.328. The zero-order valence-corrected chi connectivity index (χ0v) is 23.8. The summed E-state index contributed by atoms with van der Waals surface area (Å²) in [4.78, 5) is 23.6. The van der Waals surface area contributed by atoms with Gasteiger partial charge in [-0.05, 0) is 48.2 Å². The van der Waals surface area contributed by atoms with Gasteiger partial charge in [-0.15, -0.1) is 0 Å². The predicted molar refractivity (Wildman–Crippen MR) is 149 cm³/mol. The molecular weight excluding hydrogens is 576 g/mol. The maximum atomic E-state index is 13.0. The normalized spacial score (nSPS) is 17.7. The molecule has 42 heavy (non-hydrogen) atoms. The van der Waals surface area contributed by atoms with E-state index in [1.165, 1.54) is 36.7 Å². The van der Waals surface area contributed by atoms with Crippen LogP contribution in [0.2, 0.25) is 0 Å². The van der Waals surface area contributed by atoms with Gasteiger partial charge in [-0.2, -0.15) is 13.2 Å². The van der Waals surface area contributed by atoms with Crippen molar-refractivity contribution < 1.29 is 35.5 Å². The molecule has 226 valence electrons. The van der Waals surface area contributed by atoms with Gasteiger partial charge in [0.25, 0.3) is 5.91 Å². The molecule has 1 amide bonds. The largest absolute Gasteiger partial charge is 0.416 e. The molecule has 8 nitrogen and oxygen atoms in total. The van der Waals surface area contributed by atoms with E-state index in [0.29, 0.717) is 25.3 Å². The summed E-state index contributed by atoms with van der Waals surface area (Å²) in [5.74, 6) is -0.187. The van der Waals surface area contributed by atoms with E-state index < -0.39 is 34.2 Å². The van der Waals surface area contributed by atoms with E-state index in [4.69, 9.17) is 4.74 Å². The lowest BCUT2D eigenvalue weighted by Gasteiger charge is -2.39. The van der Waals surface area contributed by atoms with E-state index in [-0.39, 0.29) is 47.9 Å². The van der Waals surface area contributed by atoms with Crippen molar-refractivity contribution in [1.82, 2.24) is 15.3 Å². The van der Waals surface area contributed by atoms with Gasteiger partial charge in [0.15, 0.2) is 9.84 Å². The predicted octanol–water partition coefficient (Wildman–Crippen LogP) is 4.96.